The molecule has 3 aromatic rings. The highest BCUT2D eigenvalue weighted by molar-refractivity contribution is 7.60. The second-order valence-corrected chi connectivity index (χ2v) is 11.9. The van der Waals surface area contributed by atoms with Crippen LogP contribution in [0.3, 0.4) is 0 Å². The summed E-state index contributed by atoms with van der Waals surface area (Å²) in [5, 5.41) is 5.75. The van der Waals surface area contributed by atoms with Crippen LogP contribution in [-0.4, -0.2) is 55.5 Å². The number of fused-ring (bicyclic) bond motifs is 1. The molecular formula is C23H31ClN7O5P. The van der Waals surface area contributed by atoms with E-state index in [0.29, 0.717) is 22.7 Å². The molecule has 0 aliphatic rings. The number of hydrogen-bond donors (Lipinski definition) is 3. The number of anilines is 1. The van der Waals surface area contributed by atoms with Crippen LogP contribution in [0.15, 0.2) is 36.9 Å². The number of esters is 1. The number of benzene rings is 1. The molecule has 0 aliphatic heterocycles. The third kappa shape index (κ3) is 7.48. The number of nitrogen functional groups attached to an aromatic ring is 1. The lowest BCUT2D eigenvalue weighted by molar-refractivity contribution is -0.153. The van der Waals surface area contributed by atoms with Crippen molar-refractivity contribution in [2.45, 2.75) is 58.9 Å². The smallest absolute Gasteiger partial charge is 0.326 e. The van der Waals surface area contributed by atoms with Gasteiger partial charge in [-0.2, -0.15) is 0 Å². The largest absolute Gasteiger partial charge is 0.462 e. The van der Waals surface area contributed by atoms with E-state index in [1.54, 1.807) is 43.8 Å². The standard InChI is InChI=1S/C23H31ClN7O5P/c1-14(2)36-22(33)23(4,5)30-37(34,29-21(32)16-6-8-17(24)9-7-16)13-35-15(3)10-31-12-28-18-19(25)26-11-27-20(18)31/h6-9,11-12,14-15H,10,13H2,1-5H3,(H2,25,26,27)(H2,29,30,32,34)/t15-,37+/m1/s1. The molecule has 3 rings (SSSR count). The monoisotopic (exact) mass is 551 g/mol. The van der Waals surface area contributed by atoms with Gasteiger partial charge < -0.3 is 19.8 Å². The first-order valence-electron chi connectivity index (χ1n) is 11.5. The lowest BCUT2D eigenvalue weighted by Gasteiger charge is -2.31. The minimum atomic E-state index is -3.85. The van der Waals surface area contributed by atoms with E-state index < -0.39 is 37.3 Å². The van der Waals surface area contributed by atoms with E-state index in [2.05, 4.69) is 25.1 Å². The van der Waals surface area contributed by atoms with Crippen molar-refractivity contribution in [1.29, 1.82) is 0 Å². The molecule has 0 saturated carbocycles. The Bertz CT molecular complexity index is 1310. The average Bonchev–Trinajstić information content (AvgIpc) is 3.21. The van der Waals surface area contributed by atoms with Gasteiger partial charge in [-0.3, -0.25) is 19.2 Å². The molecule has 12 nitrogen and oxygen atoms in total. The zero-order valence-electron chi connectivity index (χ0n) is 21.3. The number of amides is 1. The van der Waals surface area contributed by atoms with E-state index in [4.69, 9.17) is 26.8 Å². The predicted octanol–water partition coefficient (Wildman–Crippen LogP) is 3.37. The van der Waals surface area contributed by atoms with Gasteiger partial charge in [0.1, 0.15) is 23.7 Å². The molecule has 2 heterocycles. The summed E-state index contributed by atoms with van der Waals surface area (Å²) in [6.45, 7) is 8.52. The van der Waals surface area contributed by atoms with Gasteiger partial charge >= 0.3 is 5.97 Å². The number of nitrogens with one attached hydrogen (secondary N) is 2. The third-order valence-corrected chi connectivity index (χ3v) is 7.38. The van der Waals surface area contributed by atoms with Crippen molar-refractivity contribution < 1.29 is 23.6 Å². The molecule has 0 radical (unpaired) electrons. The molecule has 2 aromatic heterocycles. The first-order valence-corrected chi connectivity index (χ1v) is 13.8. The van der Waals surface area contributed by atoms with Crippen LogP contribution in [0.1, 0.15) is 45.0 Å². The third-order valence-electron chi connectivity index (χ3n) is 5.13. The van der Waals surface area contributed by atoms with Crippen LogP contribution in [0.2, 0.25) is 5.02 Å². The Morgan fingerprint density at radius 1 is 1.16 bits per heavy atom. The van der Waals surface area contributed by atoms with Gasteiger partial charge in [-0.15, -0.1) is 0 Å². The Balaban J connectivity index is 1.77. The second-order valence-electron chi connectivity index (χ2n) is 9.31. The minimum Gasteiger partial charge on any atom is -0.462 e. The molecule has 4 N–H and O–H groups in total. The number of ether oxygens (including phenoxy) is 2. The maximum absolute atomic E-state index is 14.0. The highest BCUT2D eigenvalue weighted by Crippen LogP contribution is 2.40. The average molecular weight is 552 g/mol. The molecule has 0 fully saturated rings. The molecule has 0 bridgehead atoms. The number of hydrogen-bond acceptors (Lipinski definition) is 9. The minimum absolute atomic E-state index is 0.240. The molecule has 1 aromatic carbocycles. The van der Waals surface area contributed by atoms with Crippen molar-refractivity contribution in [3.8, 4) is 0 Å². The van der Waals surface area contributed by atoms with Crippen LogP contribution < -0.4 is 15.9 Å². The van der Waals surface area contributed by atoms with Gasteiger partial charge in [-0.25, -0.2) is 20.0 Å². The molecule has 2 atom stereocenters. The fourth-order valence-electron chi connectivity index (χ4n) is 3.38. The van der Waals surface area contributed by atoms with Crippen molar-refractivity contribution in [2.75, 3.05) is 12.1 Å². The van der Waals surface area contributed by atoms with E-state index in [-0.39, 0.29) is 17.5 Å². The Hall–Kier alpha value is -3.05. The Labute approximate surface area is 219 Å². The fraction of sp³-hybridized carbons (Fsp3) is 0.435. The highest BCUT2D eigenvalue weighted by Gasteiger charge is 2.39. The molecule has 0 saturated heterocycles. The van der Waals surface area contributed by atoms with Crippen molar-refractivity contribution in [1.82, 2.24) is 29.7 Å². The van der Waals surface area contributed by atoms with E-state index >= 15 is 0 Å². The molecule has 1 amide bonds. The topological polar surface area (TPSA) is 163 Å². The molecule has 0 aliphatic carbocycles. The molecular weight excluding hydrogens is 521 g/mol. The Kier molecular flexibility index (Phi) is 8.91. The summed E-state index contributed by atoms with van der Waals surface area (Å²) in [5.74, 6) is -0.991. The lowest BCUT2D eigenvalue weighted by Crippen LogP contribution is -2.49. The first-order chi connectivity index (χ1) is 17.3. The number of rotatable bonds is 11. The van der Waals surface area contributed by atoms with Gasteiger partial charge in [0.15, 0.2) is 11.5 Å². The maximum Gasteiger partial charge on any atom is 0.326 e. The second kappa shape index (κ2) is 11.6. The van der Waals surface area contributed by atoms with E-state index in [0.717, 1.165) is 0 Å². The summed E-state index contributed by atoms with van der Waals surface area (Å²) in [4.78, 5) is 37.9. The highest BCUT2D eigenvalue weighted by atomic mass is 35.5. The summed E-state index contributed by atoms with van der Waals surface area (Å²) in [6, 6.07) is 6.09. The van der Waals surface area contributed by atoms with Gasteiger partial charge in [-0.05, 0) is 58.9 Å². The van der Waals surface area contributed by atoms with Crippen molar-refractivity contribution in [2.24, 2.45) is 0 Å². The Morgan fingerprint density at radius 2 is 1.84 bits per heavy atom. The van der Waals surface area contributed by atoms with Gasteiger partial charge in [0.25, 0.3) is 13.4 Å². The van der Waals surface area contributed by atoms with Crippen LogP contribution >= 0.6 is 19.0 Å². The molecule has 14 heteroatoms. The van der Waals surface area contributed by atoms with E-state index in [1.165, 1.54) is 32.3 Å². The van der Waals surface area contributed by atoms with Gasteiger partial charge in [0.2, 0.25) is 0 Å². The summed E-state index contributed by atoms with van der Waals surface area (Å²) >= 11 is 5.91. The zero-order chi connectivity index (χ0) is 27.4. The summed E-state index contributed by atoms with van der Waals surface area (Å²) < 4.78 is 26.9. The zero-order valence-corrected chi connectivity index (χ0v) is 22.9. The van der Waals surface area contributed by atoms with Crippen molar-refractivity contribution in [3.63, 3.8) is 0 Å². The summed E-state index contributed by atoms with van der Waals surface area (Å²) in [7, 11) is -3.85. The number of carbonyl (C=O) groups is 2. The molecule has 0 unspecified atom stereocenters. The van der Waals surface area contributed by atoms with E-state index in [9.17, 15) is 14.2 Å². The van der Waals surface area contributed by atoms with Crippen LogP contribution in [0, 0.1) is 0 Å². The summed E-state index contributed by atoms with van der Waals surface area (Å²) in [6.07, 6.45) is 1.62. The van der Waals surface area contributed by atoms with E-state index in [1.807, 2.05) is 0 Å². The molecule has 37 heavy (non-hydrogen) atoms. The SMILES string of the molecule is CC(C)OC(=O)C(C)(C)N[P@](=O)(CO[C@H](C)Cn1cnc2c(N)ncnc21)NC(=O)c1ccc(Cl)cc1. The number of nitrogens with zero attached hydrogens (tertiary/aromatic N) is 4. The van der Waals surface area contributed by atoms with Gasteiger partial charge in [0, 0.05) is 10.6 Å². The molecule has 0 spiro atoms. The van der Waals surface area contributed by atoms with Gasteiger partial charge in [0.05, 0.1) is 25.1 Å². The molecule has 200 valence electrons. The number of imidazole rings is 1. The predicted molar refractivity (Wildman–Crippen MR) is 140 cm³/mol. The van der Waals surface area contributed by atoms with Gasteiger partial charge in [-0.1, -0.05) is 11.6 Å². The Morgan fingerprint density at radius 3 is 2.49 bits per heavy atom. The van der Waals surface area contributed by atoms with Crippen LogP contribution in [0.5, 0.6) is 0 Å². The van der Waals surface area contributed by atoms with Crippen molar-refractivity contribution >= 4 is 47.9 Å². The van der Waals surface area contributed by atoms with Crippen LogP contribution in [0.4, 0.5) is 5.82 Å². The quantitative estimate of drug-likeness (QED) is 0.238. The number of halogens is 1. The van der Waals surface area contributed by atoms with Crippen LogP contribution in [0.25, 0.3) is 11.2 Å². The number of nitrogens with two attached hydrogens (primary N) is 1. The van der Waals surface area contributed by atoms with Crippen molar-refractivity contribution in [3.05, 3.63) is 47.5 Å². The summed E-state index contributed by atoms with van der Waals surface area (Å²) in [5.41, 5.74) is 5.68. The fourth-order valence-corrected chi connectivity index (χ4v) is 5.60. The number of aromatic nitrogens is 4. The van der Waals surface area contributed by atoms with Crippen LogP contribution in [-0.2, 0) is 25.4 Å². The normalized spacial score (nSPS) is 14.4. The maximum atomic E-state index is 14.0. The number of carbonyl (C=O) groups excluding carboxylic acids is 2. The lowest BCUT2D eigenvalue weighted by atomic mass is 10.1. The first kappa shape index (κ1) is 28.5.